The van der Waals surface area contributed by atoms with Crippen LogP contribution in [0.25, 0.3) is 5.76 Å². The van der Waals surface area contributed by atoms with Crippen LogP contribution in [0.1, 0.15) is 30.5 Å². The van der Waals surface area contributed by atoms with Gasteiger partial charge in [-0.25, -0.2) is 0 Å². The number of benzene rings is 1. The summed E-state index contributed by atoms with van der Waals surface area (Å²) >= 11 is 6.24. The summed E-state index contributed by atoms with van der Waals surface area (Å²) in [4.78, 5) is 32.6. The second-order valence-electron chi connectivity index (χ2n) is 7.65. The Kier molecular flexibility index (Phi) is 7.30. The summed E-state index contributed by atoms with van der Waals surface area (Å²) in [6.07, 6.45) is 3.89. The Morgan fingerprint density at radius 1 is 1.29 bits per heavy atom. The third kappa shape index (κ3) is 4.89. The number of amides is 1. The molecule has 1 aromatic heterocycles. The minimum absolute atomic E-state index is 0.0737. The Morgan fingerprint density at radius 3 is 2.68 bits per heavy atom. The van der Waals surface area contributed by atoms with Gasteiger partial charge in [-0.15, -0.1) is 0 Å². The topological polar surface area (TPSA) is 87.0 Å². The summed E-state index contributed by atoms with van der Waals surface area (Å²) in [5.41, 5.74) is 0.785. The van der Waals surface area contributed by atoms with E-state index in [0.29, 0.717) is 30.9 Å². The van der Waals surface area contributed by atoms with Crippen LogP contribution in [0.2, 0.25) is 5.02 Å². The number of carbonyl (C=O) groups is 2. The molecule has 7 nitrogen and oxygen atoms in total. The van der Waals surface area contributed by atoms with Gasteiger partial charge in [0.25, 0.3) is 5.91 Å². The summed E-state index contributed by atoms with van der Waals surface area (Å²) in [5.74, 6) is -1.50. The lowest BCUT2D eigenvalue weighted by atomic mass is 9.96. The highest BCUT2D eigenvalue weighted by Gasteiger charge is 2.44. The molecule has 0 bridgehead atoms. The highest BCUT2D eigenvalue weighted by Crippen LogP contribution is 2.39. The number of ether oxygens (including phenoxy) is 1. The number of halogens is 1. The van der Waals surface area contributed by atoms with E-state index in [0.717, 1.165) is 6.54 Å². The number of hydrogen-bond acceptors (Lipinski definition) is 5. The maximum absolute atomic E-state index is 13.4. The number of quaternary nitrogens is 1. The molecule has 1 saturated heterocycles. The lowest BCUT2D eigenvalue weighted by Gasteiger charge is -2.27. The molecule has 1 aliphatic heterocycles. The highest BCUT2D eigenvalue weighted by molar-refractivity contribution is 6.46. The monoisotopic (exact) mass is 443 g/mol. The molecule has 31 heavy (non-hydrogen) atoms. The molecule has 3 rings (SSSR count). The first-order chi connectivity index (χ1) is 14.8. The fourth-order valence-electron chi connectivity index (χ4n) is 3.66. The lowest BCUT2D eigenvalue weighted by Crippen LogP contribution is -3.05. The number of carbonyl (C=O) groups excluding carboxylic acids is 2. The van der Waals surface area contributed by atoms with Gasteiger partial charge in [0, 0.05) is 30.9 Å². The van der Waals surface area contributed by atoms with E-state index in [1.807, 2.05) is 21.0 Å². The molecule has 0 saturated carbocycles. The molecule has 1 unspecified atom stereocenters. The largest absolute Gasteiger partial charge is 0.872 e. The summed E-state index contributed by atoms with van der Waals surface area (Å²) in [6.45, 7) is 3.47. The Hall–Kier alpha value is -2.90. The van der Waals surface area contributed by atoms with Crippen molar-refractivity contribution in [3.05, 3.63) is 64.4 Å². The smallest absolute Gasteiger partial charge is 0.295 e. The van der Waals surface area contributed by atoms with Gasteiger partial charge in [0.05, 0.1) is 38.3 Å². The molecule has 0 spiro atoms. The molecule has 1 N–H and O–H groups in total. The van der Waals surface area contributed by atoms with Crippen molar-refractivity contribution in [2.75, 3.05) is 33.8 Å². The zero-order valence-electron chi connectivity index (χ0n) is 17.9. The van der Waals surface area contributed by atoms with Crippen LogP contribution in [0.5, 0.6) is 5.75 Å². The van der Waals surface area contributed by atoms with Crippen LogP contribution in [-0.4, -0.2) is 55.4 Å². The SMILES string of the molecule is CCOc1ccc(C([O-])=C2C(=O)C(=O)N(CCC[NH+](C)C)C2c2cccnc2)cc1Cl. The van der Waals surface area contributed by atoms with Gasteiger partial charge in [-0.1, -0.05) is 29.5 Å². The third-order valence-electron chi connectivity index (χ3n) is 5.10. The summed E-state index contributed by atoms with van der Waals surface area (Å²) in [5, 5.41) is 13.6. The Bertz CT molecular complexity index is 992. The fourth-order valence-corrected chi connectivity index (χ4v) is 3.89. The van der Waals surface area contributed by atoms with Gasteiger partial charge in [0.2, 0.25) is 5.78 Å². The summed E-state index contributed by atoms with van der Waals surface area (Å²) < 4.78 is 5.42. The summed E-state index contributed by atoms with van der Waals surface area (Å²) in [7, 11) is 4.04. The Morgan fingerprint density at radius 2 is 2.06 bits per heavy atom. The highest BCUT2D eigenvalue weighted by atomic mass is 35.5. The van der Waals surface area contributed by atoms with Crippen LogP contribution < -0.4 is 14.7 Å². The molecule has 1 amide bonds. The predicted molar refractivity (Wildman–Crippen MR) is 116 cm³/mol. The average molecular weight is 444 g/mol. The van der Waals surface area contributed by atoms with Crippen molar-refractivity contribution in [2.45, 2.75) is 19.4 Å². The van der Waals surface area contributed by atoms with Crippen LogP contribution in [0.15, 0.2) is 48.3 Å². The van der Waals surface area contributed by atoms with Crippen LogP contribution in [0.4, 0.5) is 0 Å². The third-order valence-corrected chi connectivity index (χ3v) is 5.39. The number of likely N-dealkylation sites (tertiary alicyclic amines) is 1. The van der Waals surface area contributed by atoms with Crippen molar-refractivity contribution in [3.63, 3.8) is 0 Å². The number of ketones is 1. The zero-order valence-corrected chi connectivity index (χ0v) is 18.6. The molecule has 1 aliphatic rings. The van der Waals surface area contributed by atoms with Gasteiger partial charge in [-0.05, 0) is 36.2 Å². The number of hydrogen-bond donors (Lipinski definition) is 1. The van der Waals surface area contributed by atoms with Gasteiger partial charge in [0.1, 0.15) is 5.75 Å². The molecule has 1 atom stereocenters. The number of aromatic nitrogens is 1. The Labute approximate surface area is 186 Å². The van der Waals surface area contributed by atoms with Crippen molar-refractivity contribution in [1.29, 1.82) is 0 Å². The van der Waals surface area contributed by atoms with Crippen molar-refractivity contribution in [1.82, 2.24) is 9.88 Å². The molecule has 1 aromatic carbocycles. The van der Waals surface area contributed by atoms with Crippen molar-refractivity contribution < 1.29 is 24.3 Å². The molecule has 2 heterocycles. The summed E-state index contributed by atoms with van der Waals surface area (Å²) in [6, 6.07) is 7.34. The van der Waals surface area contributed by atoms with Crippen LogP contribution >= 0.6 is 11.6 Å². The average Bonchev–Trinajstić information content (AvgIpc) is 3.00. The number of pyridine rings is 1. The van der Waals surface area contributed by atoms with Crippen LogP contribution in [-0.2, 0) is 9.59 Å². The quantitative estimate of drug-likeness (QED) is 0.372. The normalized spacial score (nSPS) is 18.1. The van der Waals surface area contributed by atoms with E-state index in [4.69, 9.17) is 16.3 Å². The van der Waals surface area contributed by atoms with Gasteiger partial charge in [-0.2, -0.15) is 0 Å². The predicted octanol–water partition coefficient (Wildman–Crippen LogP) is 0.892. The van der Waals surface area contributed by atoms with Crippen molar-refractivity contribution in [2.24, 2.45) is 0 Å². The number of nitrogens with one attached hydrogen (secondary N) is 1. The van der Waals surface area contributed by atoms with Gasteiger partial charge in [0.15, 0.2) is 0 Å². The van der Waals surface area contributed by atoms with Crippen molar-refractivity contribution >= 4 is 29.1 Å². The molecule has 1 fully saturated rings. The number of nitrogens with zero attached hydrogens (tertiary/aromatic N) is 2. The standard InChI is InChI=1S/C23H26ClN3O4/c1-4-31-18-9-8-15(13-17(18)24)21(28)19-20(16-7-5-10-25-14-16)27(23(30)22(19)29)12-6-11-26(2)3/h5,7-10,13-14,20,28H,4,6,11-12H2,1-3H3. The second-order valence-corrected chi connectivity index (χ2v) is 8.06. The van der Waals surface area contributed by atoms with Crippen molar-refractivity contribution in [3.8, 4) is 5.75 Å². The molecule has 0 radical (unpaired) electrons. The molecule has 2 aromatic rings. The number of Topliss-reactive ketones (excluding diaryl/α,β-unsaturated/α-hetero) is 1. The van der Waals surface area contributed by atoms with Gasteiger partial charge in [-0.3, -0.25) is 14.6 Å². The van der Waals surface area contributed by atoms with E-state index in [1.165, 1.54) is 15.9 Å². The minimum Gasteiger partial charge on any atom is -0.872 e. The van der Waals surface area contributed by atoms with Gasteiger partial charge >= 0.3 is 0 Å². The molecular weight excluding hydrogens is 418 g/mol. The van der Waals surface area contributed by atoms with E-state index in [-0.39, 0.29) is 16.2 Å². The maximum atomic E-state index is 13.4. The van der Waals surface area contributed by atoms with Crippen LogP contribution in [0.3, 0.4) is 0 Å². The van der Waals surface area contributed by atoms with E-state index in [1.54, 1.807) is 36.7 Å². The van der Waals surface area contributed by atoms with E-state index in [2.05, 4.69) is 4.98 Å². The first-order valence-electron chi connectivity index (χ1n) is 10.2. The lowest BCUT2D eigenvalue weighted by molar-refractivity contribution is -0.858. The molecular formula is C23H26ClN3O4. The van der Waals surface area contributed by atoms with Gasteiger partial charge < -0.3 is 19.6 Å². The molecule has 164 valence electrons. The zero-order chi connectivity index (χ0) is 22.5. The molecule has 0 aliphatic carbocycles. The number of rotatable bonds is 8. The second kappa shape index (κ2) is 9.94. The Balaban J connectivity index is 2.06. The van der Waals surface area contributed by atoms with E-state index in [9.17, 15) is 14.7 Å². The fraction of sp³-hybridized carbons (Fsp3) is 0.348. The maximum Gasteiger partial charge on any atom is 0.295 e. The first kappa shape index (κ1) is 22.8. The van der Waals surface area contributed by atoms with E-state index < -0.39 is 23.5 Å². The first-order valence-corrected chi connectivity index (χ1v) is 10.6. The van der Waals surface area contributed by atoms with E-state index >= 15 is 0 Å². The van der Waals surface area contributed by atoms with Crippen LogP contribution in [0, 0.1) is 0 Å². The molecule has 8 heteroatoms. The minimum atomic E-state index is -0.777.